The number of aromatic hydroxyl groups is 2. The van der Waals surface area contributed by atoms with Crippen molar-refractivity contribution in [2.24, 2.45) is 39.6 Å². The highest BCUT2D eigenvalue weighted by Crippen LogP contribution is 2.50. The molecule has 7 aliphatic rings. The number of piperidine rings is 2. The van der Waals surface area contributed by atoms with E-state index in [-0.39, 0.29) is 67.6 Å². The molecule has 7 aliphatic heterocycles. The van der Waals surface area contributed by atoms with Crippen LogP contribution in [-0.4, -0.2) is 149 Å². The third-order valence-corrected chi connectivity index (χ3v) is 15.6. The highest BCUT2D eigenvalue weighted by atomic mass is 16.7. The molecule has 7 heterocycles. The molecule has 2 amide bonds. The molecule has 0 aliphatic carbocycles. The summed E-state index contributed by atoms with van der Waals surface area (Å²) in [6.45, 7) is 22.5. The lowest BCUT2D eigenvalue weighted by molar-refractivity contribution is -0.133. The Balaban J connectivity index is 0.00000366. The number of ether oxygens (including phenoxy) is 4. The number of hydrogen-bond donors (Lipinski definition) is 5. The number of nitrogens with zero attached hydrogens (tertiary/aromatic N) is 5. The van der Waals surface area contributed by atoms with Gasteiger partial charge in [0.1, 0.15) is 28.6 Å². The zero-order chi connectivity index (χ0) is 51.7. The van der Waals surface area contributed by atoms with E-state index < -0.39 is 58.7 Å². The number of hydrogen-bond acceptors (Lipinski definition) is 15. The number of ketones is 1. The summed E-state index contributed by atoms with van der Waals surface area (Å²) in [5, 5.41) is 46.6. The second-order valence-electron chi connectivity index (χ2n) is 21.7. The van der Waals surface area contributed by atoms with E-state index >= 15 is 0 Å². The summed E-state index contributed by atoms with van der Waals surface area (Å²) in [6, 6.07) is 0. The van der Waals surface area contributed by atoms with Crippen LogP contribution in [0, 0.1) is 36.5 Å². The maximum atomic E-state index is 14.9. The molecule has 390 valence electrons. The fraction of sp³-hybridized carbons (Fsp3) is 0.648. The van der Waals surface area contributed by atoms with Gasteiger partial charge in [-0.05, 0) is 76.3 Å². The lowest BCUT2D eigenvalue weighted by Gasteiger charge is -2.46. The molecule has 7 atom stereocenters. The second-order valence-corrected chi connectivity index (χ2v) is 21.7. The van der Waals surface area contributed by atoms with Crippen LogP contribution in [0.3, 0.4) is 0 Å². The number of fused-ring (bicyclic) bond motifs is 13. The summed E-state index contributed by atoms with van der Waals surface area (Å²) in [5.41, 5.74) is -0.720. The molecule has 2 aromatic rings. The Kier molecular flexibility index (Phi) is 16.3. The van der Waals surface area contributed by atoms with Crippen molar-refractivity contribution < 1.29 is 53.8 Å². The Morgan fingerprint density at radius 2 is 1.62 bits per heavy atom. The minimum absolute atomic E-state index is 0.00333. The van der Waals surface area contributed by atoms with Gasteiger partial charge in [-0.1, -0.05) is 59.8 Å². The van der Waals surface area contributed by atoms with Gasteiger partial charge in [-0.25, -0.2) is 4.79 Å². The predicted octanol–water partition coefficient (Wildman–Crippen LogP) is 6.13. The normalized spacial score (nSPS) is 30.8. The van der Waals surface area contributed by atoms with Gasteiger partial charge in [0, 0.05) is 88.6 Å². The zero-order valence-electron chi connectivity index (χ0n) is 43.7. The van der Waals surface area contributed by atoms with Crippen molar-refractivity contribution in [1.29, 1.82) is 0 Å². The molecule has 0 saturated carbocycles. The van der Waals surface area contributed by atoms with Crippen LogP contribution in [0.5, 0.6) is 17.2 Å². The van der Waals surface area contributed by atoms with Crippen LogP contribution >= 0.6 is 0 Å². The van der Waals surface area contributed by atoms with Crippen LogP contribution in [0.4, 0.5) is 10.5 Å². The number of aliphatic hydroxyl groups is 2. The number of amides is 2. The molecule has 9 rings (SSSR count). The molecule has 5 bridgehead atoms. The third kappa shape index (κ3) is 10.9. The topological polar surface area (TPSA) is 216 Å². The van der Waals surface area contributed by atoms with Crippen LogP contribution in [0.15, 0.2) is 46.1 Å². The van der Waals surface area contributed by atoms with Crippen molar-refractivity contribution in [3.8, 4) is 17.2 Å². The Bertz CT molecular complexity index is 2560. The first-order valence-corrected chi connectivity index (χ1v) is 25.6. The van der Waals surface area contributed by atoms with Crippen LogP contribution in [0.1, 0.15) is 110 Å². The molecule has 1 unspecified atom stereocenters. The fourth-order valence-corrected chi connectivity index (χ4v) is 11.3. The Morgan fingerprint density at radius 3 is 2.30 bits per heavy atom. The molecule has 0 radical (unpaired) electrons. The van der Waals surface area contributed by atoms with Gasteiger partial charge in [-0.3, -0.25) is 19.6 Å². The van der Waals surface area contributed by atoms with Gasteiger partial charge in [0.15, 0.2) is 11.4 Å². The Hall–Kier alpha value is -5.07. The van der Waals surface area contributed by atoms with Crippen LogP contribution < -0.4 is 20.8 Å². The maximum absolute atomic E-state index is 14.9. The van der Waals surface area contributed by atoms with Crippen molar-refractivity contribution in [3.63, 3.8) is 0 Å². The van der Waals surface area contributed by atoms with E-state index in [1.54, 1.807) is 30.9 Å². The minimum Gasteiger partial charge on any atom is -0.507 e. The second kappa shape index (κ2) is 21.6. The number of anilines is 1. The molecule has 2 spiro atoms. The van der Waals surface area contributed by atoms with E-state index in [0.717, 1.165) is 52.7 Å². The van der Waals surface area contributed by atoms with E-state index in [1.807, 2.05) is 39.8 Å². The smallest absolute Gasteiger partial charge is 0.410 e. The van der Waals surface area contributed by atoms with Gasteiger partial charge in [-0.15, -0.1) is 0 Å². The first-order chi connectivity index (χ1) is 33.6. The summed E-state index contributed by atoms with van der Waals surface area (Å²) in [4.78, 5) is 59.8. The number of carbonyl (C=O) groups excluding carboxylic acids is 3. The lowest BCUT2D eigenvalue weighted by atomic mass is 9.80. The molecule has 2 aromatic carbocycles. The average molecular weight is 987 g/mol. The largest absolute Gasteiger partial charge is 0.507 e. The van der Waals surface area contributed by atoms with Crippen LogP contribution in [0.25, 0.3) is 10.8 Å². The maximum Gasteiger partial charge on any atom is 0.410 e. The number of carbonyl (C=O) groups is 3. The number of phenols is 2. The molecule has 17 nitrogen and oxygen atoms in total. The van der Waals surface area contributed by atoms with E-state index in [1.165, 1.54) is 13.2 Å². The number of morpholine rings is 1. The molecule has 5 N–H and O–H groups in total. The molecular formula is C54H78N6O11. The van der Waals surface area contributed by atoms with Gasteiger partial charge in [0.2, 0.25) is 0 Å². The quantitative estimate of drug-likeness (QED) is 0.219. The van der Waals surface area contributed by atoms with Crippen molar-refractivity contribution >= 4 is 34.2 Å². The molecule has 0 aromatic heterocycles. The number of benzene rings is 2. The van der Waals surface area contributed by atoms with E-state index in [0.29, 0.717) is 56.9 Å². The van der Waals surface area contributed by atoms with Gasteiger partial charge in [0.05, 0.1) is 47.4 Å². The molecule has 71 heavy (non-hydrogen) atoms. The Labute approximate surface area is 418 Å². The van der Waals surface area contributed by atoms with Gasteiger partial charge in [0.25, 0.3) is 11.7 Å². The fourth-order valence-electron chi connectivity index (χ4n) is 11.3. The van der Waals surface area contributed by atoms with Crippen molar-refractivity contribution in [2.45, 2.75) is 130 Å². The van der Waals surface area contributed by atoms with Crippen molar-refractivity contribution in [3.05, 3.63) is 58.0 Å². The van der Waals surface area contributed by atoms with Crippen molar-refractivity contribution in [2.75, 3.05) is 71.9 Å². The summed E-state index contributed by atoms with van der Waals surface area (Å²) < 4.78 is 25.3. The molecule has 17 heteroatoms. The highest BCUT2D eigenvalue weighted by Gasteiger charge is 2.50. The highest BCUT2D eigenvalue weighted by molar-refractivity contribution is 6.19. The summed E-state index contributed by atoms with van der Waals surface area (Å²) in [5.74, 6) is -4.09. The SMILES string of the molecule is C/C1=C/C=C/[C@H](C)C[C@@H](C)[C@@H](O)[C@@H](C)C(OC(=O)N2CCOC3(CCN(C)CC3)C2)[C@H](C)C/C=C/O[C@@]2(C)Oc3c(C)c(O)c4c(O)c(c5c(c4c3C2=O)=NC2(CCN(CC(C)C)CC2)N=5)NC1=O.CO. The third-order valence-electron chi connectivity index (χ3n) is 15.6. The number of likely N-dealkylation sites (tertiary alicyclic amines) is 2. The van der Waals surface area contributed by atoms with E-state index in [2.05, 4.69) is 36.0 Å². The number of Topliss-reactive ketones (excluding diaryl/α,β-unsaturated/α-hetero) is 1. The van der Waals surface area contributed by atoms with Crippen LogP contribution in [-0.2, 0) is 19.0 Å². The van der Waals surface area contributed by atoms with Gasteiger partial charge in [-0.2, -0.15) is 0 Å². The Morgan fingerprint density at radius 1 is 0.944 bits per heavy atom. The van der Waals surface area contributed by atoms with Crippen LogP contribution in [0.2, 0.25) is 0 Å². The van der Waals surface area contributed by atoms with Gasteiger partial charge < -0.3 is 59.4 Å². The van der Waals surface area contributed by atoms with E-state index in [4.69, 9.17) is 34.0 Å². The monoisotopic (exact) mass is 987 g/mol. The average Bonchev–Trinajstić information content (AvgIpc) is 3.84. The number of phenolic OH excluding ortho intramolecular Hbond substituents is 2. The number of allylic oxidation sites excluding steroid dienone is 4. The van der Waals surface area contributed by atoms with Gasteiger partial charge >= 0.3 is 11.9 Å². The van der Waals surface area contributed by atoms with Crippen molar-refractivity contribution in [1.82, 2.24) is 14.7 Å². The minimum atomic E-state index is -1.89. The van der Waals surface area contributed by atoms with E-state index in [9.17, 15) is 29.7 Å². The summed E-state index contributed by atoms with van der Waals surface area (Å²) in [6.07, 6.45) is 10.4. The standard InChI is InChI=1S/C53H74N6O10.CH4O/c1-30(2)28-58-22-18-53(19-23-58)55-40-37-38-44(61)36(8)47-39(37)48(63)51(9,69-47)66-25-12-15-32(4)46(68-50(65)59-24-26-67-52(29-59)16-20-57(10)21-17-52)35(7)43(60)34(6)27-31(3)13-11-14-33(5)49(64)54-42(45(38)62)41(40)56-53;1-2/h11-14,25,30-32,34-35,43,46,60-62H,15-24,26-29H2,1-10H3,(H,54,64);2H,1H3/b13-11+,25-12+,33-14-;/t31-,32+,34+,35+,43+,46?,51-;/m0./s1. The summed E-state index contributed by atoms with van der Waals surface area (Å²) >= 11 is 0. The summed E-state index contributed by atoms with van der Waals surface area (Å²) in [7, 11) is 3.09. The predicted molar refractivity (Wildman–Crippen MR) is 270 cm³/mol. The lowest BCUT2D eigenvalue weighted by Crippen LogP contribution is -2.58. The molecule has 3 saturated heterocycles. The first-order valence-electron chi connectivity index (χ1n) is 25.6. The number of nitrogens with one attached hydrogen (secondary N) is 1. The zero-order valence-corrected chi connectivity index (χ0v) is 43.7. The first kappa shape index (κ1) is 53.7. The molecular weight excluding hydrogens is 909 g/mol. The number of rotatable bonds is 3. The number of aliphatic hydroxyl groups excluding tert-OH is 2. The molecule has 3 fully saturated rings.